The molecule has 5 rings (SSSR count). The third kappa shape index (κ3) is 2.28. The number of aryl methyl sites for hydroxylation is 1. The van der Waals surface area contributed by atoms with Crippen LogP contribution < -0.4 is 5.32 Å². The molecule has 4 heterocycles. The van der Waals surface area contributed by atoms with E-state index in [0.29, 0.717) is 24.6 Å². The van der Waals surface area contributed by atoms with Gasteiger partial charge < -0.3 is 9.73 Å². The molecule has 0 amide bonds. The third-order valence-corrected chi connectivity index (χ3v) is 4.99. The van der Waals surface area contributed by atoms with Crippen molar-refractivity contribution in [3.8, 4) is 0 Å². The highest BCUT2D eigenvalue weighted by molar-refractivity contribution is 6.00. The van der Waals surface area contributed by atoms with Crippen molar-refractivity contribution in [3.05, 3.63) is 71.3 Å². The predicted octanol–water partition coefficient (Wildman–Crippen LogP) is 2.99. The molecular weight excluding hydrogens is 330 g/mol. The van der Waals surface area contributed by atoms with Crippen LogP contribution in [-0.2, 0) is 4.79 Å². The van der Waals surface area contributed by atoms with Crippen LogP contribution in [0.2, 0.25) is 0 Å². The summed E-state index contributed by atoms with van der Waals surface area (Å²) < 4.78 is 7.34. The number of pyridine rings is 1. The highest BCUT2D eigenvalue weighted by atomic mass is 16.3. The van der Waals surface area contributed by atoms with E-state index < -0.39 is 0 Å². The fraction of sp³-hybridized carbons (Fsp3) is 0.263. The fourth-order valence-corrected chi connectivity index (χ4v) is 3.90. The normalized spacial score (nSPS) is 22.0. The lowest BCUT2D eigenvalue weighted by atomic mass is 9.80. The van der Waals surface area contributed by atoms with Crippen molar-refractivity contribution in [2.24, 2.45) is 0 Å². The van der Waals surface area contributed by atoms with Gasteiger partial charge in [0.25, 0.3) is 0 Å². The van der Waals surface area contributed by atoms with Gasteiger partial charge in [0.15, 0.2) is 5.78 Å². The van der Waals surface area contributed by atoms with E-state index in [1.165, 1.54) is 0 Å². The minimum absolute atomic E-state index is 0.0393. The minimum Gasteiger partial charge on any atom is -0.469 e. The molecule has 3 aromatic heterocycles. The number of hydrogen-bond acceptors (Lipinski definition) is 6. The number of Topliss-reactive ketones (excluding diaryl/α,β-unsaturated/α-hetero) is 1. The van der Waals surface area contributed by atoms with Gasteiger partial charge in [0.2, 0.25) is 5.95 Å². The number of carbonyl (C=O) groups excluding carboxylic acids is 1. The average Bonchev–Trinajstić information content (AvgIpc) is 3.29. The zero-order valence-corrected chi connectivity index (χ0v) is 14.2. The minimum atomic E-state index is -0.282. The molecule has 0 aromatic carbocycles. The molecule has 2 atom stereocenters. The van der Waals surface area contributed by atoms with E-state index in [-0.39, 0.29) is 17.7 Å². The Kier molecular flexibility index (Phi) is 3.28. The van der Waals surface area contributed by atoms with Crippen LogP contribution in [-0.4, -0.2) is 25.5 Å². The second-order valence-corrected chi connectivity index (χ2v) is 6.67. The Hall–Kier alpha value is -3.22. The zero-order chi connectivity index (χ0) is 17.7. The molecule has 0 saturated heterocycles. The number of anilines is 1. The summed E-state index contributed by atoms with van der Waals surface area (Å²) in [5.41, 5.74) is 2.64. The van der Waals surface area contributed by atoms with E-state index in [1.54, 1.807) is 23.3 Å². The van der Waals surface area contributed by atoms with Gasteiger partial charge in [-0.2, -0.15) is 10.1 Å². The van der Waals surface area contributed by atoms with Gasteiger partial charge in [-0.15, -0.1) is 0 Å². The summed E-state index contributed by atoms with van der Waals surface area (Å²) in [6, 6.07) is 7.35. The van der Waals surface area contributed by atoms with Crippen molar-refractivity contribution in [2.45, 2.75) is 31.7 Å². The Bertz CT molecular complexity index is 1000. The average molecular weight is 347 g/mol. The number of allylic oxidation sites excluding steroid dienone is 2. The lowest BCUT2D eigenvalue weighted by Crippen LogP contribution is -2.33. The highest BCUT2D eigenvalue weighted by Gasteiger charge is 2.40. The van der Waals surface area contributed by atoms with E-state index in [4.69, 9.17) is 4.42 Å². The lowest BCUT2D eigenvalue weighted by Gasteiger charge is -2.34. The Labute approximate surface area is 149 Å². The monoisotopic (exact) mass is 347 g/mol. The molecule has 7 heteroatoms. The quantitative estimate of drug-likeness (QED) is 0.767. The second kappa shape index (κ2) is 5.66. The molecule has 7 nitrogen and oxygen atoms in total. The first-order valence-corrected chi connectivity index (χ1v) is 8.60. The zero-order valence-electron chi connectivity index (χ0n) is 14.2. The number of nitrogens with one attached hydrogen (secondary N) is 1. The third-order valence-electron chi connectivity index (χ3n) is 4.99. The Morgan fingerprint density at radius 3 is 2.85 bits per heavy atom. The van der Waals surface area contributed by atoms with Crippen LogP contribution in [0.15, 0.2) is 58.6 Å². The first-order chi connectivity index (χ1) is 12.7. The molecule has 0 bridgehead atoms. The van der Waals surface area contributed by atoms with Gasteiger partial charge >= 0.3 is 0 Å². The molecule has 0 unspecified atom stereocenters. The van der Waals surface area contributed by atoms with Gasteiger partial charge in [-0.25, -0.2) is 4.68 Å². The summed E-state index contributed by atoms with van der Waals surface area (Å²) in [5.74, 6) is 2.32. The highest BCUT2D eigenvalue weighted by Crippen LogP contribution is 2.43. The van der Waals surface area contributed by atoms with Crippen molar-refractivity contribution in [1.82, 2.24) is 19.7 Å². The summed E-state index contributed by atoms with van der Waals surface area (Å²) in [6.45, 7) is 1.85. The molecule has 26 heavy (non-hydrogen) atoms. The van der Waals surface area contributed by atoms with Gasteiger partial charge in [0, 0.05) is 36.0 Å². The van der Waals surface area contributed by atoms with Crippen LogP contribution in [0.3, 0.4) is 0 Å². The Morgan fingerprint density at radius 2 is 2.08 bits per heavy atom. The molecule has 1 aliphatic heterocycles. The van der Waals surface area contributed by atoms with Crippen molar-refractivity contribution in [1.29, 1.82) is 0 Å². The lowest BCUT2D eigenvalue weighted by molar-refractivity contribution is -0.117. The predicted molar refractivity (Wildman–Crippen MR) is 93.5 cm³/mol. The molecule has 3 aromatic rings. The summed E-state index contributed by atoms with van der Waals surface area (Å²) in [5, 5.41) is 7.85. The van der Waals surface area contributed by atoms with Crippen LogP contribution in [0.1, 0.15) is 41.9 Å². The molecule has 0 saturated carbocycles. The Morgan fingerprint density at radius 1 is 1.23 bits per heavy atom. The van der Waals surface area contributed by atoms with E-state index in [1.807, 2.05) is 31.2 Å². The van der Waals surface area contributed by atoms with Crippen LogP contribution in [0.5, 0.6) is 0 Å². The smallest absolute Gasteiger partial charge is 0.226 e. The molecule has 0 fully saturated rings. The number of furan rings is 1. The van der Waals surface area contributed by atoms with E-state index >= 15 is 0 Å². The molecule has 130 valence electrons. The second-order valence-electron chi connectivity index (χ2n) is 6.67. The van der Waals surface area contributed by atoms with Crippen LogP contribution in [0.25, 0.3) is 0 Å². The number of rotatable bonds is 2. The Balaban J connectivity index is 1.64. The summed E-state index contributed by atoms with van der Waals surface area (Å²) in [6.07, 6.45) is 6.26. The molecule has 0 radical (unpaired) electrons. The van der Waals surface area contributed by atoms with Crippen LogP contribution in [0.4, 0.5) is 5.95 Å². The summed E-state index contributed by atoms with van der Waals surface area (Å²) >= 11 is 0. The number of hydrogen-bond donors (Lipinski definition) is 1. The van der Waals surface area contributed by atoms with Crippen molar-refractivity contribution >= 4 is 11.7 Å². The van der Waals surface area contributed by atoms with Crippen molar-refractivity contribution in [2.75, 3.05) is 5.32 Å². The molecule has 1 aliphatic carbocycles. The number of ketones is 1. The molecule has 0 spiro atoms. The molecule has 2 aliphatic rings. The van der Waals surface area contributed by atoms with Gasteiger partial charge in [-0.1, -0.05) is 0 Å². The van der Waals surface area contributed by atoms with Gasteiger partial charge in [0.05, 0.1) is 6.26 Å². The van der Waals surface area contributed by atoms with E-state index in [9.17, 15) is 4.79 Å². The summed E-state index contributed by atoms with van der Waals surface area (Å²) in [7, 11) is 0. The van der Waals surface area contributed by atoms with Crippen LogP contribution >= 0.6 is 0 Å². The van der Waals surface area contributed by atoms with E-state index in [0.717, 1.165) is 22.6 Å². The topological polar surface area (TPSA) is 85.8 Å². The first kappa shape index (κ1) is 15.1. The number of nitrogens with zero attached hydrogens (tertiary/aromatic N) is 4. The number of carbonyl (C=O) groups is 1. The fourth-order valence-electron chi connectivity index (χ4n) is 3.90. The van der Waals surface area contributed by atoms with E-state index in [2.05, 4.69) is 20.4 Å². The molecule has 1 N–H and O–H groups in total. The number of fused-ring (bicyclic) bond motifs is 1. The van der Waals surface area contributed by atoms with Gasteiger partial charge in [0.1, 0.15) is 17.6 Å². The van der Waals surface area contributed by atoms with Crippen molar-refractivity contribution < 1.29 is 9.21 Å². The molecular formula is C19H17N5O2. The maximum absolute atomic E-state index is 13.1. The standard InChI is InChI=1S/C19H17N5O2/c1-11-21-19-22-14-9-13(16-3-2-8-26-16)10-15(25)17(14)18(24(19)23-11)12-4-6-20-7-5-12/h2-8,13,18H,9-10H2,1H3,(H,21,22,23)/t13-,18+/m0/s1. The summed E-state index contributed by atoms with van der Waals surface area (Å²) in [4.78, 5) is 21.7. The van der Waals surface area contributed by atoms with Gasteiger partial charge in [-0.05, 0) is 43.2 Å². The first-order valence-electron chi connectivity index (χ1n) is 8.60. The van der Waals surface area contributed by atoms with Crippen LogP contribution in [0, 0.1) is 6.92 Å². The number of aromatic nitrogens is 4. The van der Waals surface area contributed by atoms with Gasteiger partial charge in [-0.3, -0.25) is 9.78 Å². The largest absolute Gasteiger partial charge is 0.469 e. The maximum atomic E-state index is 13.1. The van der Waals surface area contributed by atoms with Crippen molar-refractivity contribution in [3.63, 3.8) is 0 Å². The maximum Gasteiger partial charge on any atom is 0.226 e. The SMILES string of the molecule is Cc1nc2n(n1)[C@H](c1ccncc1)C1=C(C[C@H](c3ccco3)CC1=O)N2.